The Morgan fingerprint density at radius 1 is 0.958 bits per heavy atom. The topological polar surface area (TPSA) is 179 Å². The molecule has 48 heavy (non-hydrogen) atoms. The minimum atomic E-state index is -1.23. The molecule has 5 rings (SSSR count). The van der Waals surface area contributed by atoms with Crippen LogP contribution in [0.3, 0.4) is 0 Å². The van der Waals surface area contributed by atoms with Crippen molar-refractivity contribution in [1.82, 2.24) is 25.1 Å². The van der Waals surface area contributed by atoms with Crippen LogP contribution < -0.4 is 10.1 Å². The van der Waals surface area contributed by atoms with Crippen molar-refractivity contribution in [3.63, 3.8) is 0 Å². The molecular weight excluding hydrogens is 626 g/mol. The van der Waals surface area contributed by atoms with Crippen LogP contribution in [-0.2, 0) is 28.7 Å². The van der Waals surface area contributed by atoms with Gasteiger partial charge in [-0.15, -0.1) is 5.06 Å². The van der Waals surface area contributed by atoms with Crippen LogP contribution >= 0.6 is 0 Å². The summed E-state index contributed by atoms with van der Waals surface area (Å²) in [5, 5.41) is 19.7. The zero-order valence-corrected chi connectivity index (χ0v) is 26.9. The fourth-order valence-corrected chi connectivity index (χ4v) is 5.65. The molecule has 0 radical (unpaired) electrons. The Hall–Kier alpha value is -5.18. The molecule has 2 aromatic carbocycles. The van der Waals surface area contributed by atoms with E-state index < -0.39 is 41.6 Å². The van der Waals surface area contributed by atoms with Crippen molar-refractivity contribution in [2.75, 3.05) is 39.4 Å². The van der Waals surface area contributed by atoms with Crippen LogP contribution in [-0.4, -0.2) is 106 Å². The van der Waals surface area contributed by atoms with E-state index in [-0.39, 0.29) is 63.8 Å². The van der Waals surface area contributed by atoms with Gasteiger partial charge in [-0.2, -0.15) is 9.78 Å². The molecule has 1 aliphatic heterocycles. The number of nitrogens with zero attached hydrogens (tertiary/aromatic N) is 4. The second kappa shape index (κ2) is 15.2. The largest absolute Gasteiger partial charge is 0.527 e. The van der Waals surface area contributed by atoms with Gasteiger partial charge in [-0.1, -0.05) is 36.4 Å². The number of aliphatic carboxylic acids is 1. The second-order valence-corrected chi connectivity index (χ2v) is 11.4. The van der Waals surface area contributed by atoms with Gasteiger partial charge in [-0.05, 0) is 51.0 Å². The number of hydrogen-bond donors (Lipinski definition) is 2. The highest BCUT2D eigenvalue weighted by molar-refractivity contribution is 5.97. The van der Waals surface area contributed by atoms with E-state index in [0.717, 1.165) is 17.2 Å². The number of nitrogens with one attached hydrogen (secondary N) is 1. The maximum absolute atomic E-state index is 13.7. The van der Waals surface area contributed by atoms with Crippen molar-refractivity contribution in [3.8, 4) is 11.6 Å². The number of hydroxylamine groups is 2. The Labute approximate surface area is 276 Å². The van der Waals surface area contributed by atoms with E-state index in [1.807, 2.05) is 42.5 Å². The van der Waals surface area contributed by atoms with Gasteiger partial charge in [0.1, 0.15) is 6.04 Å². The van der Waals surface area contributed by atoms with Crippen LogP contribution in [0.15, 0.2) is 48.5 Å². The summed E-state index contributed by atoms with van der Waals surface area (Å²) in [7, 11) is 0. The van der Waals surface area contributed by atoms with Gasteiger partial charge in [0, 0.05) is 31.0 Å². The number of carbonyl (C=O) groups is 5. The van der Waals surface area contributed by atoms with Crippen LogP contribution in [0.4, 0.5) is 4.79 Å². The molecule has 15 nitrogen and oxygen atoms in total. The molecule has 1 aromatic heterocycles. The van der Waals surface area contributed by atoms with Crippen molar-refractivity contribution in [2.24, 2.45) is 0 Å². The van der Waals surface area contributed by atoms with E-state index in [4.69, 9.17) is 19.0 Å². The Bertz CT molecular complexity index is 1660. The summed E-state index contributed by atoms with van der Waals surface area (Å²) in [4.78, 5) is 70.0. The summed E-state index contributed by atoms with van der Waals surface area (Å²) in [6.07, 6.45) is 0.226. The summed E-state index contributed by atoms with van der Waals surface area (Å²) >= 11 is 0. The van der Waals surface area contributed by atoms with Crippen LogP contribution in [0.25, 0.3) is 16.5 Å². The Morgan fingerprint density at radius 2 is 1.67 bits per heavy atom. The number of carboxylic acid groups (broad SMARTS) is 1. The third kappa shape index (κ3) is 7.68. The number of aromatic nitrogens is 2. The molecule has 1 atom stereocenters. The number of piperazine rings is 1. The first kappa shape index (κ1) is 34.2. The van der Waals surface area contributed by atoms with E-state index in [1.54, 1.807) is 13.8 Å². The molecule has 256 valence electrons. The zero-order chi connectivity index (χ0) is 34.3. The fraction of sp³-hybridized carbons (Fsp3) is 0.455. The van der Waals surface area contributed by atoms with Crippen molar-refractivity contribution < 1.29 is 48.1 Å². The number of carbonyl (C=O) groups excluding carboxylic acids is 4. The van der Waals surface area contributed by atoms with Gasteiger partial charge >= 0.3 is 18.1 Å². The first-order chi connectivity index (χ1) is 23.1. The third-order valence-corrected chi connectivity index (χ3v) is 8.28. The van der Waals surface area contributed by atoms with Crippen molar-refractivity contribution in [3.05, 3.63) is 54.2 Å². The number of rotatable bonds is 13. The molecule has 2 heterocycles. The van der Waals surface area contributed by atoms with Crippen molar-refractivity contribution in [1.29, 1.82) is 0 Å². The van der Waals surface area contributed by atoms with Crippen molar-refractivity contribution in [2.45, 2.75) is 57.6 Å². The van der Waals surface area contributed by atoms with Gasteiger partial charge in [0.15, 0.2) is 5.69 Å². The average Bonchev–Trinajstić information content (AvgIpc) is 3.48. The zero-order valence-electron chi connectivity index (χ0n) is 26.9. The molecular formula is C33H39N5O10. The molecule has 2 N–H and O–H groups in total. The molecule has 1 saturated heterocycles. The molecule has 0 bridgehead atoms. The standard InChI is InChI=1S/C33H39N5O10/c1-3-45-31(43)33(15-8-16-33)47-27-21-25(35-38(27)26-12-7-10-22-9-5-6-11-23(22)26)29(41)34-24(13-14-28(39)40)30(42)36-17-19-37(20-18-36)48-32(44)46-4-2/h5-7,9-12,21,24H,3-4,8,13-20H2,1-2H3,(H,34,41)(H,39,40)/t24-/m0/s1. The van der Waals surface area contributed by atoms with Crippen LogP contribution in [0.2, 0.25) is 0 Å². The minimum Gasteiger partial charge on any atom is -0.481 e. The maximum atomic E-state index is 13.7. The molecule has 15 heteroatoms. The summed E-state index contributed by atoms with van der Waals surface area (Å²) in [5.74, 6) is -2.71. The summed E-state index contributed by atoms with van der Waals surface area (Å²) in [6, 6.07) is 13.4. The van der Waals surface area contributed by atoms with Gasteiger partial charge in [-0.25, -0.2) is 9.59 Å². The molecule has 1 aliphatic carbocycles. The fourth-order valence-electron chi connectivity index (χ4n) is 5.65. The lowest BCUT2D eigenvalue weighted by molar-refractivity contribution is -0.170. The highest BCUT2D eigenvalue weighted by atomic mass is 16.8. The average molecular weight is 666 g/mol. The van der Waals surface area contributed by atoms with E-state index in [1.165, 1.54) is 20.7 Å². The summed E-state index contributed by atoms with van der Waals surface area (Å²) < 4.78 is 17.9. The number of ether oxygens (including phenoxy) is 3. The van der Waals surface area contributed by atoms with E-state index in [9.17, 15) is 29.1 Å². The molecule has 2 fully saturated rings. The first-order valence-corrected chi connectivity index (χ1v) is 16.0. The van der Waals surface area contributed by atoms with Gasteiger partial charge < -0.3 is 34.4 Å². The normalized spacial score (nSPS) is 16.3. The minimum absolute atomic E-state index is 0.1000. The molecule has 0 unspecified atom stereocenters. The molecule has 2 amide bonds. The van der Waals surface area contributed by atoms with Gasteiger partial charge in [0.05, 0.1) is 32.0 Å². The molecule has 1 saturated carbocycles. The lowest BCUT2D eigenvalue weighted by Gasteiger charge is -2.38. The SMILES string of the molecule is CCOC(=O)ON1CCN(C(=O)[C@H](CCC(=O)O)NC(=O)c2cc(OC3(C(=O)OCC)CCC3)n(-c3cccc4ccccc34)n2)CC1. The lowest BCUT2D eigenvalue weighted by Crippen LogP contribution is -2.55. The monoisotopic (exact) mass is 665 g/mol. The Kier molecular flexibility index (Phi) is 10.8. The van der Waals surface area contributed by atoms with Crippen LogP contribution in [0, 0.1) is 0 Å². The smallest absolute Gasteiger partial charge is 0.481 e. The summed E-state index contributed by atoms with van der Waals surface area (Å²) in [6.45, 7) is 4.43. The highest BCUT2D eigenvalue weighted by Crippen LogP contribution is 2.39. The van der Waals surface area contributed by atoms with Gasteiger partial charge in [0.25, 0.3) is 5.91 Å². The number of amides is 2. The lowest BCUT2D eigenvalue weighted by atomic mass is 9.80. The van der Waals surface area contributed by atoms with Crippen LogP contribution in [0.5, 0.6) is 5.88 Å². The number of benzene rings is 2. The predicted octanol–water partition coefficient (Wildman–Crippen LogP) is 3.09. The van der Waals surface area contributed by atoms with E-state index in [2.05, 4.69) is 10.4 Å². The third-order valence-electron chi connectivity index (χ3n) is 8.28. The Morgan fingerprint density at radius 3 is 2.33 bits per heavy atom. The number of hydrogen-bond acceptors (Lipinski definition) is 11. The number of esters is 1. The maximum Gasteiger partial charge on any atom is 0.527 e. The summed E-state index contributed by atoms with van der Waals surface area (Å²) in [5.41, 5.74) is -0.732. The predicted molar refractivity (Wildman–Crippen MR) is 169 cm³/mol. The van der Waals surface area contributed by atoms with E-state index in [0.29, 0.717) is 18.5 Å². The molecule has 3 aromatic rings. The number of carboxylic acids is 1. The van der Waals surface area contributed by atoms with Gasteiger partial charge in [0.2, 0.25) is 17.4 Å². The first-order valence-electron chi connectivity index (χ1n) is 16.0. The van der Waals surface area contributed by atoms with E-state index >= 15 is 0 Å². The second-order valence-electron chi connectivity index (χ2n) is 11.4. The number of fused-ring (bicyclic) bond motifs is 1. The highest BCUT2D eigenvalue weighted by Gasteiger charge is 2.49. The van der Waals surface area contributed by atoms with Crippen LogP contribution in [0.1, 0.15) is 56.4 Å². The quantitative estimate of drug-likeness (QED) is 0.255. The molecule has 2 aliphatic rings. The van der Waals surface area contributed by atoms with Crippen molar-refractivity contribution >= 4 is 40.7 Å². The van der Waals surface area contributed by atoms with Gasteiger partial charge in [-0.3, -0.25) is 14.4 Å². The molecule has 0 spiro atoms. The Balaban J connectivity index is 1.40.